The molecule has 0 radical (unpaired) electrons. The highest BCUT2D eigenvalue weighted by atomic mass is 16.5. The summed E-state index contributed by atoms with van der Waals surface area (Å²) in [7, 11) is 0. The predicted molar refractivity (Wildman–Crippen MR) is 67.1 cm³/mol. The van der Waals surface area contributed by atoms with Gasteiger partial charge in [0, 0.05) is 25.2 Å². The normalized spacial score (nSPS) is 19.2. The number of ether oxygens (including phenoxy) is 1. The van der Waals surface area contributed by atoms with Crippen molar-refractivity contribution >= 4 is 5.69 Å². The van der Waals surface area contributed by atoms with Crippen molar-refractivity contribution in [2.45, 2.75) is 32.0 Å². The maximum atomic E-state index is 5.59. The Morgan fingerprint density at radius 1 is 1.56 bits per heavy atom. The summed E-state index contributed by atoms with van der Waals surface area (Å²) in [6, 6.07) is 0. The fourth-order valence-corrected chi connectivity index (χ4v) is 2.13. The Kier molecular flexibility index (Phi) is 3.27. The molecule has 1 saturated heterocycles. The molecule has 2 N–H and O–H groups in total. The van der Waals surface area contributed by atoms with E-state index in [2.05, 4.69) is 20.4 Å². The number of aromatic nitrogens is 4. The van der Waals surface area contributed by atoms with Crippen LogP contribution in [-0.2, 0) is 17.8 Å². The topological polar surface area (TPSA) is 67.8 Å². The summed E-state index contributed by atoms with van der Waals surface area (Å²) >= 11 is 0. The molecule has 3 heterocycles. The number of H-pyrrole nitrogens is 1. The average molecular weight is 247 g/mol. The second-order valence-electron chi connectivity index (χ2n) is 4.48. The highest BCUT2D eigenvalue weighted by Crippen LogP contribution is 2.15. The first-order valence-corrected chi connectivity index (χ1v) is 6.26. The van der Waals surface area contributed by atoms with Gasteiger partial charge in [-0.2, -0.15) is 5.10 Å². The highest BCUT2D eigenvalue weighted by molar-refractivity contribution is 5.38. The summed E-state index contributed by atoms with van der Waals surface area (Å²) in [6.45, 7) is 2.40. The molecule has 1 aliphatic heterocycles. The lowest BCUT2D eigenvalue weighted by Gasteiger charge is -2.08. The third-order valence-electron chi connectivity index (χ3n) is 3.06. The first kappa shape index (κ1) is 11.3. The fraction of sp³-hybridized carbons (Fsp3) is 0.500. The Labute approximate surface area is 105 Å². The van der Waals surface area contributed by atoms with Crippen LogP contribution in [0.25, 0.3) is 0 Å². The summed E-state index contributed by atoms with van der Waals surface area (Å²) < 4.78 is 7.52. The lowest BCUT2D eigenvalue weighted by molar-refractivity contribution is 0.0940. The van der Waals surface area contributed by atoms with E-state index in [0.29, 0.717) is 12.6 Å². The Morgan fingerprint density at radius 3 is 3.33 bits per heavy atom. The zero-order chi connectivity index (χ0) is 12.2. The van der Waals surface area contributed by atoms with Crippen molar-refractivity contribution in [2.24, 2.45) is 0 Å². The van der Waals surface area contributed by atoms with Crippen LogP contribution in [0.3, 0.4) is 0 Å². The smallest absolute Gasteiger partial charge is 0.125 e. The number of imidazole rings is 1. The largest absolute Gasteiger partial charge is 0.376 e. The van der Waals surface area contributed by atoms with Gasteiger partial charge in [-0.25, -0.2) is 4.98 Å². The zero-order valence-electron chi connectivity index (χ0n) is 10.2. The molecule has 2 aromatic heterocycles. The molecule has 2 aromatic rings. The van der Waals surface area contributed by atoms with E-state index in [1.165, 1.54) is 0 Å². The van der Waals surface area contributed by atoms with E-state index < -0.39 is 0 Å². The Morgan fingerprint density at radius 2 is 2.56 bits per heavy atom. The van der Waals surface area contributed by atoms with E-state index in [0.717, 1.165) is 37.5 Å². The summed E-state index contributed by atoms with van der Waals surface area (Å²) in [5.41, 5.74) is 1.00. The van der Waals surface area contributed by atoms with E-state index in [-0.39, 0.29) is 0 Å². The third-order valence-corrected chi connectivity index (χ3v) is 3.06. The minimum absolute atomic E-state index is 0.322. The van der Waals surface area contributed by atoms with Crippen LogP contribution in [0.1, 0.15) is 18.7 Å². The molecule has 1 aliphatic rings. The van der Waals surface area contributed by atoms with Gasteiger partial charge >= 0.3 is 0 Å². The first-order chi connectivity index (χ1) is 8.90. The van der Waals surface area contributed by atoms with Gasteiger partial charge in [-0.3, -0.25) is 4.68 Å². The summed E-state index contributed by atoms with van der Waals surface area (Å²) in [4.78, 5) is 7.21. The Bertz CT molecular complexity index is 472. The van der Waals surface area contributed by atoms with Crippen molar-refractivity contribution < 1.29 is 4.74 Å². The minimum Gasteiger partial charge on any atom is -0.376 e. The van der Waals surface area contributed by atoms with Gasteiger partial charge in [0.1, 0.15) is 5.82 Å². The summed E-state index contributed by atoms with van der Waals surface area (Å²) in [5, 5.41) is 7.60. The van der Waals surface area contributed by atoms with Crippen molar-refractivity contribution in [1.29, 1.82) is 0 Å². The van der Waals surface area contributed by atoms with E-state index in [1.807, 2.05) is 23.3 Å². The fourth-order valence-electron chi connectivity index (χ4n) is 2.13. The number of hydrogen-bond acceptors (Lipinski definition) is 4. The van der Waals surface area contributed by atoms with Gasteiger partial charge in [-0.1, -0.05) is 0 Å². The van der Waals surface area contributed by atoms with E-state index >= 15 is 0 Å². The van der Waals surface area contributed by atoms with Crippen LogP contribution in [0.4, 0.5) is 5.69 Å². The Balaban J connectivity index is 1.52. The van der Waals surface area contributed by atoms with Crippen molar-refractivity contribution in [3.8, 4) is 0 Å². The van der Waals surface area contributed by atoms with Crippen molar-refractivity contribution in [3.63, 3.8) is 0 Å². The van der Waals surface area contributed by atoms with Crippen LogP contribution >= 0.6 is 0 Å². The number of aromatic amines is 1. The number of hydrogen-bond donors (Lipinski definition) is 2. The van der Waals surface area contributed by atoms with Gasteiger partial charge in [0.2, 0.25) is 0 Å². The highest BCUT2D eigenvalue weighted by Gasteiger charge is 2.16. The van der Waals surface area contributed by atoms with Crippen molar-refractivity contribution in [1.82, 2.24) is 19.7 Å². The van der Waals surface area contributed by atoms with Crippen LogP contribution in [0.2, 0.25) is 0 Å². The number of nitrogens with one attached hydrogen (secondary N) is 2. The van der Waals surface area contributed by atoms with Crippen molar-refractivity contribution in [2.75, 3.05) is 11.9 Å². The maximum absolute atomic E-state index is 5.59. The molecule has 0 aromatic carbocycles. The average Bonchev–Trinajstić information content (AvgIpc) is 3.09. The second-order valence-corrected chi connectivity index (χ2v) is 4.48. The van der Waals surface area contributed by atoms with Gasteiger partial charge in [0.25, 0.3) is 0 Å². The van der Waals surface area contributed by atoms with E-state index in [4.69, 9.17) is 4.74 Å². The molecule has 96 valence electrons. The van der Waals surface area contributed by atoms with Crippen LogP contribution < -0.4 is 5.32 Å². The SMILES string of the molecule is c1c[nH]c(CNc2cnn(CC3CCCO3)c2)n1. The minimum atomic E-state index is 0.322. The first-order valence-electron chi connectivity index (χ1n) is 6.26. The summed E-state index contributed by atoms with van der Waals surface area (Å²) in [6.07, 6.45) is 10.0. The molecule has 6 nitrogen and oxygen atoms in total. The van der Waals surface area contributed by atoms with Gasteiger partial charge < -0.3 is 15.0 Å². The quantitative estimate of drug-likeness (QED) is 0.838. The van der Waals surface area contributed by atoms with E-state index in [1.54, 1.807) is 6.20 Å². The second kappa shape index (κ2) is 5.22. The molecule has 0 saturated carbocycles. The standard InChI is InChI=1S/C12H17N5O/c1-2-11(18-5-1)9-17-8-10(6-16-17)15-7-12-13-3-4-14-12/h3-4,6,8,11,15H,1-2,5,7,9H2,(H,13,14). The molecular formula is C12H17N5O. The molecule has 1 fully saturated rings. The lowest BCUT2D eigenvalue weighted by Crippen LogP contribution is -2.15. The van der Waals surface area contributed by atoms with E-state index in [9.17, 15) is 0 Å². The third kappa shape index (κ3) is 2.70. The van der Waals surface area contributed by atoms with Crippen molar-refractivity contribution in [3.05, 3.63) is 30.6 Å². The molecule has 18 heavy (non-hydrogen) atoms. The van der Waals surface area contributed by atoms with Crippen LogP contribution in [0, 0.1) is 0 Å². The molecule has 1 atom stereocenters. The van der Waals surface area contributed by atoms with Gasteiger partial charge in [0.15, 0.2) is 0 Å². The van der Waals surface area contributed by atoms with Crippen LogP contribution in [0.5, 0.6) is 0 Å². The zero-order valence-corrected chi connectivity index (χ0v) is 10.2. The molecule has 3 rings (SSSR count). The van der Waals surface area contributed by atoms with Crippen LogP contribution in [-0.4, -0.2) is 32.5 Å². The van der Waals surface area contributed by atoms with Crippen LogP contribution in [0.15, 0.2) is 24.8 Å². The van der Waals surface area contributed by atoms with Gasteiger partial charge in [0.05, 0.1) is 31.1 Å². The lowest BCUT2D eigenvalue weighted by atomic mass is 10.2. The molecule has 0 spiro atoms. The van der Waals surface area contributed by atoms with Gasteiger partial charge in [-0.05, 0) is 12.8 Å². The number of nitrogens with zero attached hydrogens (tertiary/aromatic N) is 3. The molecule has 1 unspecified atom stereocenters. The number of rotatable bonds is 5. The summed E-state index contributed by atoms with van der Waals surface area (Å²) in [5.74, 6) is 0.918. The molecule has 0 amide bonds. The molecule has 0 aliphatic carbocycles. The maximum Gasteiger partial charge on any atom is 0.125 e. The molecule has 0 bridgehead atoms. The number of anilines is 1. The molecule has 6 heteroatoms. The Hall–Kier alpha value is -1.82. The van der Waals surface area contributed by atoms with Gasteiger partial charge in [-0.15, -0.1) is 0 Å². The monoisotopic (exact) mass is 247 g/mol. The molecular weight excluding hydrogens is 230 g/mol. The predicted octanol–water partition coefficient (Wildman–Crippen LogP) is 1.40.